The fourth-order valence-corrected chi connectivity index (χ4v) is 1.40. The Morgan fingerprint density at radius 2 is 2.17 bits per heavy atom. The van der Waals surface area contributed by atoms with Gasteiger partial charge in [-0.1, -0.05) is 0 Å². The number of fused-ring (bicyclic) bond motifs is 1. The van der Waals surface area contributed by atoms with E-state index in [2.05, 4.69) is 10.3 Å². The number of aromatic nitrogens is 1. The molecule has 2 amide bonds. The van der Waals surface area contributed by atoms with Crippen LogP contribution in [0.4, 0.5) is 0 Å². The van der Waals surface area contributed by atoms with E-state index in [1.807, 2.05) is 13.0 Å². The van der Waals surface area contributed by atoms with Crippen LogP contribution in [0.5, 0.6) is 0 Å². The highest BCUT2D eigenvalue weighted by molar-refractivity contribution is 6.08. The summed E-state index contributed by atoms with van der Waals surface area (Å²) >= 11 is 0. The second-order valence-electron chi connectivity index (χ2n) is 2.91. The number of aryl methyl sites for hydroxylation is 1. The minimum atomic E-state index is -0.325. The molecule has 1 aromatic heterocycles. The van der Waals surface area contributed by atoms with Crippen molar-refractivity contribution in [1.82, 2.24) is 10.3 Å². The first-order chi connectivity index (χ1) is 5.66. The molecule has 2 rings (SSSR count). The van der Waals surface area contributed by atoms with Crippen molar-refractivity contribution in [2.45, 2.75) is 13.3 Å². The molecule has 0 saturated heterocycles. The zero-order chi connectivity index (χ0) is 8.72. The van der Waals surface area contributed by atoms with E-state index < -0.39 is 0 Å². The van der Waals surface area contributed by atoms with Crippen LogP contribution < -0.4 is 5.32 Å². The van der Waals surface area contributed by atoms with Crippen molar-refractivity contribution in [3.63, 3.8) is 0 Å². The molecule has 62 valence electrons. The Kier molecular flexibility index (Phi) is 1.30. The molecule has 12 heavy (non-hydrogen) atoms. The number of aromatic amines is 1. The molecule has 1 aliphatic heterocycles. The predicted molar refractivity (Wildman–Crippen MR) is 41.7 cm³/mol. The van der Waals surface area contributed by atoms with Crippen molar-refractivity contribution >= 4 is 11.8 Å². The third-order valence-electron chi connectivity index (χ3n) is 1.87. The molecule has 0 aliphatic carbocycles. The normalized spacial score (nSPS) is 15.8. The molecular weight excluding hydrogens is 156 g/mol. The monoisotopic (exact) mass is 164 g/mol. The minimum Gasteiger partial charge on any atom is -0.354 e. The highest BCUT2D eigenvalue weighted by Gasteiger charge is 2.23. The largest absolute Gasteiger partial charge is 0.354 e. The van der Waals surface area contributed by atoms with Crippen LogP contribution in [0.2, 0.25) is 0 Å². The quantitative estimate of drug-likeness (QED) is 0.535. The van der Waals surface area contributed by atoms with E-state index in [1.54, 1.807) is 0 Å². The molecule has 4 heteroatoms. The summed E-state index contributed by atoms with van der Waals surface area (Å²) in [6, 6.07) is 1.83. The highest BCUT2D eigenvalue weighted by Crippen LogP contribution is 2.14. The smallest absolute Gasteiger partial charge is 0.274 e. The lowest BCUT2D eigenvalue weighted by molar-refractivity contribution is -0.119. The first-order valence-corrected chi connectivity index (χ1v) is 3.69. The van der Waals surface area contributed by atoms with Crippen molar-refractivity contribution in [2.24, 2.45) is 0 Å². The average molecular weight is 164 g/mol. The third-order valence-corrected chi connectivity index (χ3v) is 1.87. The molecule has 2 N–H and O–H groups in total. The molecule has 1 aliphatic rings. The van der Waals surface area contributed by atoms with E-state index in [0.717, 1.165) is 11.3 Å². The van der Waals surface area contributed by atoms with Crippen LogP contribution >= 0.6 is 0 Å². The van der Waals surface area contributed by atoms with Crippen molar-refractivity contribution in [1.29, 1.82) is 0 Å². The molecule has 1 aromatic rings. The van der Waals surface area contributed by atoms with Gasteiger partial charge in [0.15, 0.2) is 0 Å². The summed E-state index contributed by atoms with van der Waals surface area (Å²) in [4.78, 5) is 24.9. The van der Waals surface area contributed by atoms with Crippen LogP contribution in [0.25, 0.3) is 0 Å². The Morgan fingerprint density at radius 1 is 1.42 bits per heavy atom. The van der Waals surface area contributed by atoms with Crippen molar-refractivity contribution in [3.8, 4) is 0 Å². The number of nitrogens with one attached hydrogen (secondary N) is 2. The summed E-state index contributed by atoms with van der Waals surface area (Å²) in [6.07, 6.45) is 0.297. The first kappa shape index (κ1) is 7.09. The lowest BCUT2D eigenvalue weighted by Crippen LogP contribution is -2.36. The molecule has 0 spiro atoms. The summed E-state index contributed by atoms with van der Waals surface area (Å²) in [7, 11) is 0. The molecule has 4 nitrogen and oxygen atoms in total. The van der Waals surface area contributed by atoms with Crippen LogP contribution in [-0.4, -0.2) is 16.8 Å². The highest BCUT2D eigenvalue weighted by atomic mass is 16.2. The Balaban J connectivity index is 2.53. The van der Waals surface area contributed by atoms with Crippen molar-refractivity contribution in [3.05, 3.63) is 23.0 Å². The Hall–Kier alpha value is -1.58. The van der Waals surface area contributed by atoms with E-state index >= 15 is 0 Å². The van der Waals surface area contributed by atoms with E-state index in [4.69, 9.17) is 0 Å². The molecular formula is C8H8N2O2. The van der Waals surface area contributed by atoms with Gasteiger partial charge in [0.1, 0.15) is 5.69 Å². The van der Waals surface area contributed by atoms with Gasteiger partial charge in [0.25, 0.3) is 5.91 Å². The number of hydrogen-bond donors (Lipinski definition) is 2. The van der Waals surface area contributed by atoms with Gasteiger partial charge in [0.05, 0.1) is 6.42 Å². The number of H-pyrrole nitrogens is 1. The molecule has 0 fully saturated rings. The predicted octanol–water partition coefficient (Wildman–Crippen LogP) is 0.136. The number of amides is 2. The molecule has 0 atom stereocenters. The number of rotatable bonds is 0. The van der Waals surface area contributed by atoms with Gasteiger partial charge in [-0.15, -0.1) is 0 Å². The summed E-state index contributed by atoms with van der Waals surface area (Å²) in [5, 5.41) is 2.24. The number of carbonyl (C=O) groups excluding carboxylic acids is 2. The average Bonchev–Trinajstić information content (AvgIpc) is 2.29. The maximum Gasteiger partial charge on any atom is 0.274 e. The van der Waals surface area contributed by atoms with Gasteiger partial charge in [0.2, 0.25) is 5.91 Å². The molecule has 0 unspecified atom stereocenters. The number of imide groups is 1. The fourth-order valence-electron chi connectivity index (χ4n) is 1.40. The van der Waals surface area contributed by atoms with Crippen LogP contribution in [0.1, 0.15) is 21.7 Å². The lowest BCUT2D eigenvalue weighted by atomic mass is 10.1. The summed E-state index contributed by atoms with van der Waals surface area (Å²) in [6.45, 7) is 1.86. The van der Waals surface area contributed by atoms with Gasteiger partial charge < -0.3 is 4.98 Å². The zero-order valence-electron chi connectivity index (χ0n) is 6.60. The van der Waals surface area contributed by atoms with Gasteiger partial charge in [0, 0.05) is 5.69 Å². The Morgan fingerprint density at radius 3 is 2.92 bits per heavy atom. The van der Waals surface area contributed by atoms with Crippen molar-refractivity contribution < 1.29 is 9.59 Å². The summed E-state index contributed by atoms with van der Waals surface area (Å²) in [5.74, 6) is -0.555. The second kappa shape index (κ2) is 2.20. The Labute approximate surface area is 69.0 Å². The molecule has 0 saturated carbocycles. The van der Waals surface area contributed by atoms with Crippen LogP contribution in [0.15, 0.2) is 6.07 Å². The molecule has 0 radical (unpaired) electrons. The zero-order valence-corrected chi connectivity index (χ0v) is 6.60. The van der Waals surface area contributed by atoms with E-state index in [9.17, 15) is 9.59 Å². The summed E-state index contributed by atoms with van der Waals surface area (Å²) in [5.41, 5.74) is 2.22. The SMILES string of the molecule is Cc1cc2c([nH]1)C(=O)NC(=O)C2. The fraction of sp³-hybridized carbons (Fsp3) is 0.250. The van der Waals surface area contributed by atoms with E-state index in [0.29, 0.717) is 12.1 Å². The van der Waals surface area contributed by atoms with E-state index in [1.165, 1.54) is 0 Å². The van der Waals surface area contributed by atoms with Gasteiger partial charge in [-0.3, -0.25) is 14.9 Å². The maximum absolute atomic E-state index is 11.1. The third kappa shape index (κ3) is 0.922. The van der Waals surface area contributed by atoms with Crippen LogP contribution in [0.3, 0.4) is 0 Å². The van der Waals surface area contributed by atoms with Crippen LogP contribution in [-0.2, 0) is 11.2 Å². The Bertz CT molecular complexity index is 365. The minimum absolute atomic E-state index is 0.230. The second-order valence-corrected chi connectivity index (χ2v) is 2.91. The van der Waals surface area contributed by atoms with Gasteiger partial charge in [-0.2, -0.15) is 0 Å². The molecule has 2 heterocycles. The van der Waals surface area contributed by atoms with E-state index in [-0.39, 0.29) is 11.8 Å². The van der Waals surface area contributed by atoms with Crippen molar-refractivity contribution in [2.75, 3.05) is 0 Å². The molecule has 0 bridgehead atoms. The van der Waals surface area contributed by atoms with Crippen LogP contribution in [0, 0.1) is 6.92 Å². The number of carbonyl (C=O) groups is 2. The first-order valence-electron chi connectivity index (χ1n) is 3.69. The summed E-state index contributed by atoms with van der Waals surface area (Å²) < 4.78 is 0. The maximum atomic E-state index is 11.1. The lowest BCUT2D eigenvalue weighted by Gasteiger charge is -2.09. The topological polar surface area (TPSA) is 62.0 Å². The van der Waals surface area contributed by atoms with Gasteiger partial charge >= 0.3 is 0 Å². The standard InChI is InChI=1S/C8H8N2O2/c1-4-2-5-3-6(11)10-8(12)7(5)9-4/h2,9H,3H2,1H3,(H,10,11,12). The van der Waals surface area contributed by atoms with Gasteiger partial charge in [-0.05, 0) is 18.6 Å². The van der Waals surface area contributed by atoms with Gasteiger partial charge in [-0.25, -0.2) is 0 Å². The molecule has 0 aromatic carbocycles. The number of hydrogen-bond acceptors (Lipinski definition) is 2.